The van der Waals surface area contributed by atoms with Gasteiger partial charge in [0.05, 0.1) is 4.88 Å². The van der Waals surface area contributed by atoms with Crippen LogP contribution in [-0.4, -0.2) is 21.0 Å². The summed E-state index contributed by atoms with van der Waals surface area (Å²) in [5.74, 6) is 1.65. The van der Waals surface area contributed by atoms with E-state index in [1.165, 1.54) is 12.8 Å². The first-order valence-corrected chi connectivity index (χ1v) is 6.20. The van der Waals surface area contributed by atoms with E-state index in [9.17, 15) is 4.79 Å². The maximum absolute atomic E-state index is 11.7. The Kier molecular flexibility index (Phi) is 2.32. The number of thiophene rings is 1. The summed E-state index contributed by atoms with van der Waals surface area (Å²) in [6, 6.07) is 3.91. The normalized spacial score (nSPS) is 15.2. The maximum Gasteiger partial charge on any atom is 0.217 e. The number of carbonyl (C=O) groups excluding carboxylic acids is 1. The zero-order valence-electron chi connectivity index (χ0n) is 8.64. The fraction of sp³-hybridized carbons (Fsp3) is 0.364. The summed E-state index contributed by atoms with van der Waals surface area (Å²) in [6.45, 7) is 0. The fourth-order valence-electron chi connectivity index (χ4n) is 1.59. The molecule has 1 aliphatic carbocycles. The molecular formula is C11H11N3OS. The van der Waals surface area contributed by atoms with Crippen molar-refractivity contribution in [2.75, 3.05) is 0 Å². The number of aromatic nitrogens is 3. The number of rotatable bonds is 4. The fourth-order valence-corrected chi connectivity index (χ4v) is 2.25. The van der Waals surface area contributed by atoms with Gasteiger partial charge in [0.25, 0.3) is 0 Å². The number of hydrogen-bond acceptors (Lipinski definition) is 4. The van der Waals surface area contributed by atoms with Gasteiger partial charge in [-0.1, -0.05) is 6.07 Å². The molecular weight excluding hydrogens is 222 g/mol. The Balaban J connectivity index is 1.79. The van der Waals surface area contributed by atoms with Crippen LogP contribution in [0.5, 0.6) is 0 Å². The molecule has 0 amide bonds. The zero-order valence-corrected chi connectivity index (χ0v) is 9.46. The van der Waals surface area contributed by atoms with E-state index in [-0.39, 0.29) is 5.78 Å². The van der Waals surface area contributed by atoms with Crippen LogP contribution in [0.2, 0.25) is 0 Å². The van der Waals surface area contributed by atoms with E-state index in [2.05, 4.69) is 15.2 Å². The number of H-pyrrole nitrogens is 1. The van der Waals surface area contributed by atoms with Crippen molar-refractivity contribution in [2.45, 2.75) is 19.3 Å². The molecule has 1 aliphatic rings. The second-order valence-corrected chi connectivity index (χ2v) is 5.00. The van der Waals surface area contributed by atoms with Gasteiger partial charge < -0.3 is 0 Å². The minimum atomic E-state index is 0.0570. The Morgan fingerprint density at radius 1 is 1.56 bits per heavy atom. The van der Waals surface area contributed by atoms with Crippen molar-refractivity contribution < 1.29 is 4.79 Å². The first-order valence-electron chi connectivity index (χ1n) is 5.32. The van der Waals surface area contributed by atoms with Crippen molar-refractivity contribution in [3.63, 3.8) is 0 Å². The average Bonchev–Trinajstić information content (AvgIpc) is 2.84. The summed E-state index contributed by atoms with van der Waals surface area (Å²) >= 11 is 1.58. The van der Waals surface area contributed by atoms with Crippen LogP contribution in [0.25, 0.3) is 10.7 Å². The monoisotopic (exact) mass is 233 g/mol. The zero-order chi connectivity index (χ0) is 11.0. The lowest BCUT2D eigenvalue weighted by molar-refractivity contribution is 0.0966. The van der Waals surface area contributed by atoms with Gasteiger partial charge in [0.2, 0.25) is 11.6 Å². The van der Waals surface area contributed by atoms with Crippen LogP contribution in [-0.2, 0) is 0 Å². The highest BCUT2D eigenvalue weighted by molar-refractivity contribution is 7.13. The molecule has 2 aromatic rings. The standard InChI is InChI=1S/C11H11N3OS/c15-8(6-7-3-4-7)10-12-11(14-13-10)9-2-1-5-16-9/h1-2,5,7H,3-4,6H2,(H,12,13,14). The van der Waals surface area contributed by atoms with E-state index in [0.29, 0.717) is 24.0 Å². The SMILES string of the molecule is O=C(CC1CC1)c1n[nH]c(-c2cccs2)n1. The molecule has 0 spiro atoms. The highest BCUT2D eigenvalue weighted by Gasteiger charge is 2.26. The van der Waals surface area contributed by atoms with E-state index in [4.69, 9.17) is 0 Å². The Morgan fingerprint density at radius 3 is 3.12 bits per heavy atom. The molecule has 0 aromatic carbocycles. The van der Waals surface area contributed by atoms with Gasteiger partial charge in [-0.2, -0.15) is 0 Å². The van der Waals surface area contributed by atoms with Crippen molar-refractivity contribution in [1.82, 2.24) is 15.2 Å². The number of nitrogens with zero attached hydrogens (tertiary/aromatic N) is 2. The van der Waals surface area contributed by atoms with Gasteiger partial charge in [0.15, 0.2) is 5.82 Å². The molecule has 0 atom stereocenters. The lowest BCUT2D eigenvalue weighted by Crippen LogP contribution is -2.02. The van der Waals surface area contributed by atoms with Crippen molar-refractivity contribution >= 4 is 17.1 Å². The molecule has 16 heavy (non-hydrogen) atoms. The molecule has 1 fully saturated rings. The van der Waals surface area contributed by atoms with E-state index < -0.39 is 0 Å². The first-order chi connectivity index (χ1) is 7.83. The third-order valence-electron chi connectivity index (χ3n) is 2.66. The molecule has 3 rings (SSSR count). The average molecular weight is 233 g/mol. The van der Waals surface area contributed by atoms with Crippen LogP contribution < -0.4 is 0 Å². The van der Waals surface area contributed by atoms with Crippen molar-refractivity contribution in [3.8, 4) is 10.7 Å². The third kappa shape index (κ3) is 1.90. The second-order valence-electron chi connectivity index (χ2n) is 4.06. The maximum atomic E-state index is 11.7. The van der Waals surface area contributed by atoms with Gasteiger partial charge in [-0.15, -0.1) is 16.4 Å². The molecule has 1 saturated carbocycles. The molecule has 82 valence electrons. The van der Waals surface area contributed by atoms with Crippen LogP contribution in [0.3, 0.4) is 0 Å². The van der Waals surface area contributed by atoms with Crippen molar-refractivity contribution in [2.24, 2.45) is 5.92 Å². The number of Topliss-reactive ketones (excluding diaryl/α,β-unsaturated/α-hetero) is 1. The summed E-state index contributed by atoms with van der Waals surface area (Å²) < 4.78 is 0. The van der Waals surface area contributed by atoms with Crippen LogP contribution in [0.4, 0.5) is 0 Å². The minimum absolute atomic E-state index is 0.0570. The Labute approximate surface area is 96.7 Å². The number of ketones is 1. The van der Waals surface area contributed by atoms with Crippen molar-refractivity contribution in [1.29, 1.82) is 0 Å². The summed E-state index contributed by atoms with van der Waals surface area (Å²) in [5.41, 5.74) is 0. The van der Waals surface area contributed by atoms with Gasteiger partial charge >= 0.3 is 0 Å². The van der Waals surface area contributed by atoms with Gasteiger partial charge in [-0.05, 0) is 30.2 Å². The molecule has 1 N–H and O–H groups in total. The highest BCUT2D eigenvalue weighted by atomic mass is 32.1. The Bertz CT molecular complexity index is 499. The molecule has 2 aromatic heterocycles. The van der Waals surface area contributed by atoms with Crippen LogP contribution in [0.1, 0.15) is 29.9 Å². The topological polar surface area (TPSA) is 58.6 Å². The smallest absolute Gasteiger partial charge is 0.217 e. The lowest BCUT2D eigenvalue weighted by atomic mass is 10.2. The summed E-state index contributed by atoms with van der Waals surface area (Å²) in [5, 5.41) is 8.76. The minimum Gasteiger partial charge on any atom is -0.291 e. The van der Waals surface area contributed by atoms with E-state index >= 15 is 0 Å². The number of aromatic amines is 1. The Morgan fingerprint density at radius 2 is 2.44 bits per heavy atom. The third-order valence-corrected chi connectivity index (χ3v) is 3.54. The second kappa shape index (κ2) is 3.83. The van der Waals surface area contributed by atoms with E-state index in [1.807, 2.05) is 17.5 Å². The van der Waals surface area contributed by atoms with Crippen molar-refractivity contribution in [3.05, 3.63) is 23.3 Å². The summed E-state index contributed by atoms with van der Waals surface area (Å²) in [7, 11) is 0. The largest absolute Gasteiger partial charge is 0.291 e. The lowest BCUT2D eigenvalue weighted by Gasteiger charge is -1.91. The molecule has 0 radical (unpaired) electrons. The number of nitrogens with one attached hydrogen (secondary N) is 1. The molecule has 0 unspecified atom stereocenters. The van der Waals surface area contributed by atoms with Crippen LogP contribution in [0, 0.1) is 5.92 Å². The highest BCUT2D eigenvalue weighted by Crippen LogP contribution is 2.33. The molecule has 2 heterocycles. The molecule has 0 aliphatic heterocycles. The molecule has 5 heteroatoms. The van der Waals surface area contributed by atoms with E-state index in [1.54, 1.807) is 11.3 Å². The quantitative estimate of drug-likeness (QED) is 0.825. The van der Waals surface area contributed by atoms with Gasteiger partial charge in [0.1, 0.15) is 0 Å². The predicted molar refractivity (Wildman–Crippen MR) is 61.4 cm³/mol. The number of carbonyl (C=O) groups is 1. The van der Waals surface area contributed by atoms with Crippen LogP contribution in [0.15, 0.2) is 17.5 Å². The molecule has 0 saturated heterocycles. The molecule has 0 bridgehead atoms. The van der Waals surface area contributed by atoms with Gasteiger partial charge in [0, 0.05) is 6.42 Å². The first kappa shape index (κ1) is 9.72. The van der Waals surface area contributed by atoms with E-state index in [0.717, 1.165) is 4.88 Å². The predicted octanol–water partition coefficient (Wildman–Crippen LogP) is 2.52. The summed E-state index contributed by atoms with van der Waals surface area (Å²) in [4.78, 5) is 17.0. The van der Waals surface area contributed by atoms with Gasteiger partial charge in [-0.25, -0.2) is 4.98 Å². The number of hydrogen-bond donors (Lipinski definition) is 1. The summed E-state index contributed by atoms with van der Waals surface area (Å²) in [6.07, 6.45) is 2.95. The Hall–Kier alpha value is -1.49. The van der Waals surface area contributed by atoms with Crippen LogP contribution >= 0.6 is 11.3 Å². The molecule has 4 nitrogen and oxygen atoms in total. The van der Waals surface area contributed by atoms with Gasteiger partial charge in [-0.3, -0.25) is 9.89 Å².